The highest BCUT2D eigenvalue weighted by molar-refractivity contribution is 5.80. The van der Waals surface area contributed by atoms with Crippen LogP contribution in [0.3, 0.4) is 0 Å². The molecule has 1 aromatic heterocycles. The molecule has 2 aliphatic heterocycles. The normalized spacial score (nSPS) is 25.7. The maximum atomic E-state index is 5.95. The van der Waals surface area contributed by atoms with Crippen LogP contribution in [0, 0.1) is 5.92 Å². The molecule has 0 aromatic carbocycles. The molecule has 1 aromatic rings. The van der Waals surface area contributed by atoms with Gasteiger partial charge in [0.05, 0.1) is 19.3 Å². The Morgan fingerprint density at radius 2 is 2.23 bits per heavy atom. The van der Waals surface area contributed by atoms with Crippen molar-refractivity contribution in [3.63, 3.8) is 0 Å². The molecule has 3 rings (SSSR count). The van der Waals surface area contributed by atoms with Crippen LogP contribution in [0.5, 0.6) is 0 Å². The molecule has 7 nitrogen and oxygen atoms in total. The van der Waals surface area contributed by atoms with Gasteiger partial charge in [-0.1, -0.05) is 0 Å². The second kappa shape index (κ2) is 8.86. The number of morpholine rings is 1. The fourth-order valence-electron chi connectivity index (χ4n) is 3.95. The highest BCUT2D eigenvalue weighted by Gasteiger charge is 2.26. The van der Waals surface area contributed by atoms with Crippen LogP contribution in [0.2, 0.25) is 0 Å². The molecule has 2 aliphatic rings. The van der Waals surface area contributed by atoms with Crippen molar-refractivity contribution in [2.24, 2.45) is 18.0 Å². The van der Waals surface area contributed by atoms with Crippen LogP contribution in [0.15, 0.2) is 17.4 Å². The van der Waals surface area contributed by atoms with Crippen LogP contribution in [0.25, 0.3) is 0 Å². The molecule has 0 saturated carbocycles. The fraction of sp³-hybridized carbons (Fsp3) is 0.789. The number of hydrogen-bond donors (Lipinski definition) is 1. The summed E-state index contributed by atoms with van der Waals surface area (Å²) < 4.78 is 7.78. The Hall–Kier alpha value is -1.60. The third kappa shape index (κ3) is 4.76. The highest BCUT2D eigenvalue weighted by atomic mass is 16.5. The molecule has 1 N–H and O–H groups in total. The van der Waals surface area contributed by atoms with E-state index < -0.39 is 0 Å². The van der Waals surface area contributed by atoms with Gasteiger partial charge in [0.1, 0.15) is 6.10 Å². The summed E-state index contributed by atoms with van der Waals surface area (Å²) in [5.74, 6) is 1.68. The zero-order valence-corrected chi connectivity index (χ0v) is 16.7. The van der Waals surface area contributed by atoms with Gasteiger partial charge in [-0.2, -0.15) is 5.10 Å². The van der Waals surface area contributed by atoms with Gasteiger partial charge < -0.3 is 19.9 Å². The summed E-state index contributed by atoms with van der Waals surface area (Å²) in [5.41, 5.74) is 1.13. The third-order valence-corrected chi connectivity index (χ3v) is 5.50. The molecule has 26 heavy (non-hydrogen) atoms. The van der Waals surface area contributed by atoms with Crippen LogP contribution in [-0.4, -0.2) is 78.0 Å². The maximum absolute atomic E-state index is 5.95. The molecule has 3 heterocycles. The second-order valence-corrected chi connectivity index (χ2v) is 7.78. The number of hydrogen-bond acceptors (Lipinski definition) is 4. The SMILES string of the molecule is CN=C(NCC1CCCN(C(C)C)C1)N1CCOC(c2cnn(C)c2)C1. The predicted octanol–water partition coefficient (Wildman–Crippen LogP) is 1.49. The van der Waals surface area contributed by atoms with Crippen molar-refractivity contribution in [3.05, 3.63) is 18.0 Å². The van der Waals surface area contributed by atoms with Crippen molar-refractivity contribution < 1.29 is 4.74 Å². The largest absolute Gasteiger partial charge is 0.370 e. The minimum Gasteiger partial charge on any atom is -0.370 e. The number of rotatable bonds is 4. The first-order valence-electron chi connectivity index (χ1n) is 9.86. The van der Waals surface area contributed by atoms with E-state index in [9.17, 15) is 0 Å². The zero-order valence-electron chi connectivity index (χ0n) is 16.7. The van der Waals surface area contributed by atoms with Crippen LogP contribution >= 0.6 is 0 Å². The molecule has 0 spiro atoms. The highest BCUT2D eigenvalue weighted by Crippen LogP contribution is 2.22. The van der Waals surface area contributed by atoms with Crippen LogP contribution in [-0.2, 0) is 11.8 Å². The van der Waals surface area contributed by atoms with E-state index in [4.69, 9.17) is 4.74 Å². The number of nitrogens with one attached hydrogen (secondary N) is 1. The van der Waals surface area contributed by atoms with E-state index in [1.54, 1.807) is 0 Å². The molecule has 0 amide bonds. The molecule has 2 fully saturated rings. The third-order valence-electron chi connectivity index (χ3n) is 5.50. The molecule has 146 valence electrons. The number of aryl methyl sites for hydroxylation is 1. The lowest BCUT2D eigenvalue weighted by Crippen LogP contribution is -2.50. The Morgan fingerprint density at radius 1 is 1.38 bits per heavy atom. The first-order valence-corrected chi connectivity index (χ1v) is 9.86. The predicted molar refractivity (Wildman–Crippen MR) is 104 cm³/mol. The van der Waals surface area contributed by atoms with Crippen molar-refractivity contribution in [2.75, 3.05) is 46.4 Å². The number of likely N-dealkylation sites (tertiary alicyclic amines) is 1. The number of piperidine rings is 1. The Bertz CT molecular complexity index is 599. The second-order valence-electron chi connectivity index (χ2n) is 7.78. The van der Waals surface area contributed by atoms with Gasteiger partial charge >= 0.3 is 0 Å². The van der Waals surface area contributed by atoms with E-state index in [0.717, 1.165) is 31.2 Å². The summed E-state index contributed by atoms with van der Waals surface area (Å²) in [5, 5.41) is 7.89. The molecular formula is C19H34N6O. The van der Waals surface area contributed by atoms with Gasteiger partial charge in [0.15, 0.2) is 5.96 Å². The summed E-state index contributed by atoms with van der Waals surface area (Å²) >= 11 is 0. The number of aromatic nitrogens is 2. The van der Waals surface area contributed by atoms with Crippen LogP contribution in [0.4, 0.5) is 0 Å². The van der Waals surface area contributed by atoms with E-state index in [1.807, 2.05) is 31.2 Å². The van der Waals surface area contributed by atoms with E-state index in [0.29, 0.717) is 18.6 Å². The topological polar surface area (TPSA) is 57.9 Å². The van der Waals surface area contributed by atoms with Gasteiger partial charge in [-0.3, -0.25) is 9.67 Å². The number of nitrogens with zero attached hydrogens (tertiary/aromatic N) is 5. The van der Waals surface area contributed by atoms with Crippen molar-refractivity contribution in [3.8, 4) is 0 Å². The van der Waals surface area contributed by atoms with E-state index in [-0.39, 0.29) is 6.10 Å². The van der Waals surface area contributed by atoms with Gasteiger partial charge in [-0.15, -0.1) is 0 Å². The fourth-order valence-corrected chi connectivity index (χ4v) is 3.95. The molecule has 0 radical (unpaired) electrons. The Labute approximate surface area is 157 Å². The quantitative estimate of drug-likeness (QED) is 0.650. The van der Waals surface area contributed by atoms with Crippen molar-refractivity contribution in [1.29, 1.82) is 0 Å². The number of aliphatic imine (C=N–C) groups is 1. The summed E-state index contributed by atoms with van der Waals surface area (Å²) in [6.07, 6.45) is 6.58. The van der Waals surface area contributed by atoms with Gasteiger partial charge in [0.25, 0.3) is 0 Å². The smallest absolute Gasteiger partial charge is 0.193 e. The minimum atomic E-state index is 0.0575. The first kappa shape index (κ1) is 19.2. The minimum absolute atomic E-state index is 0.0575. The van der Waals surface area contributed by atoms with Gasteiger partial charge in [-0.25, -0.2) is 0 Å². The zero-order chi connectivity index (χ0) is 18.5. The van der Waals surface area contributed by atoms with Crippen molar-refractivity contribution in [2.45, 2.75) is 38.8 Å². The standard InChI is InChI=1S/C19H34N6O/c1-15(2)24-7-5-6-16(12-24)10-21-19(20-3)25-8-9-26-18(14-25)17-11-22-23(4)13-17/h11,13,15-16,18H,5-10,12,14H2,1-4H3,(H,20,21). The number of ether oxygens (including phenoxy) is 1. The monoisotopic (exact) mass is 362 g/mol. The molecule has 7 heteroatoms. The Morgan fingerprint density at radius 3 is 2.92 bits per heavy atom. The summed E-state index contributed by atoms with van der Waals surface area (Å²) in [7, 11) is 3.81. The van der Waals surface area contributed by atoms with Crippen molar-refractivity contribution >= 4 is 5.96 Å². The van der Waals surface area contributed by atoms with Crippen LogP contribution < -0.4 is 5.32 Å². The van der Waals surface area contributed by atoms with Crippen LogP contribution in [0.1, 0.15) is 38.4 Å². The molecular weight excluding hydrogens is 328 g/mol. The molecule has 0 aliphatic carbocycles. The van der Waals surface area contributed by atoms with Gasteiger partial charge in [-0.05, 0) is 39.2 Å². The van der Waals surface area contributed by atoms with E-state index in [2.05, 4.69) is 39.1 Å². The van der Waals surface area contributed by atoms with Gasteiger partial charge in [0, 0.05) is 51.5 Å². The summed E-state index contributed by atoms with van der Waals surface area (Å²) in [6, 6.07) is 0.636. The molecule has 2 unspecified atom stereocenters. The summed E-state index contributed by atoms with van der Waals surface area (Å²) in [6.45, 7) is 10.4. The average Bonchev–Trinajstić information content (AvgIpc) is 3.09. The lowest BCUT2D eigenvalue weighted by atomic mass is 9.97. The van der Waals surface area contributed by atoms with E-state index >= 15 is 0 Å². The lowest BCUT2D eigenvalue weighted by molar-refractivity contribution is -0.00815. The molecule has 2 atom stereocenters. The lowest BCUT2D eigenvalue weighted by Gasteiger charge is -2.37. The van der Waals surface area contributed by atoms with Crippen molar-refractivity contribution in [1.82, 2.24) is 24.9 Å². The van der Waals surface area contributed by atoms with Gasteiger partial charge in [0.2, 0.25) is 0 Å². The Kier molecular flexibility index (Phi) is 6.53. The maximum Gasteiger partial charge on any atom is 0.193 e. The van der Waals surface area contributed by atoms with E-state index in [1.165, 1.54) is 25.9 Å². The molecule has 0 bridgehead atoms. The Balaban J connectivity index is 1.53. The first-order chi connectivity index (χ1) is 12.6. The number of guanidine groups is 1. The average molecular weight is 363 g/mol. The summed E-state index contributed by atoms with van der Waals surface area (Å²) in [4.78, 5) is 9.42. The molecule has 2 saturated heterocycles.